The molecule has 2 aromatic heterocycles. The van der Waals surface area contributed by atoms with E-state index in [0.717, 1.165) is 9.58 Å². The second-order valence-corrected chi connectivity index (χ2v) is 1.96. The summed E-state index contributed by atoms with van der Waals surface area (Å²) in [6.45, 7) is 1.72. The molecule has 0 unspecified atom stereocenters. The third-order valence-electron chi connectivity index (χ3n) is 1.02. The number of nitrogens with two attached hydrogens (primary N) is 2. The normalized spacial score (nSPS) is 9.00. The first kappa shape index (κ1) is 8.83. The average Bonchev–Trinajstić information content (AvgIpc) is 2.67. The molecule has 13 heavy (non-hydrogen) atoms. The molecule has 0 amide bonds. The molecule has 2 heterocycles. The quantitative estimate of drug-likeness (QED) is 0.415. The Hall–Kier alpha value is -2.26. The molecule has 10 nitrogen and oxygen atoms in total. The van der Waals surface area contributed by atoms with Crippen molar-refractivity contribution in [2.75, 3.05) is 11.7 Å². The van der Waals surface area contributed by atoms with Gasteiger partial charge < -0.3 is 11.7 Å². The van der Waals surface area contributed by atoms with Crippen LogP contribution in [0.1, 0.15) is 5.82 Å². The molecule has 0 bridgehead atoms. The van der Waals surface area contributed by atoms with Gasteiger partial charge >= 0.3 is 0 Å². The SMILES string of the molecule is Cc1nnnn1N.Nn1cnnn1. The Morgan fingerprint density at radius 1 is 1.23 bits per heavy atom. The van der Waals surface area contributed by atoms with Crippen LogP contribution in [-0.4, -0.2) is 40.6 Å². The van der Waals surface area contributed by atoms with Crippen LogP contribution in [0.15, 0.2) is 6.33 Å². The maximum Gasteiger partial charge on any atom is 0.171 e. The van der Waals surface area contributed by atoms with Crippen molar-refractivity contribution in [1.29, 1.82) is 0 Å². The van der Waals surface area contributed by atoms with Crippen molar-refractivity contribution in [3.8, 4) is 0 Å². The van der Waals surface area contributed by atoms with Crippen LogP contribution in [0.25, 0.3) is 0 Å². The van der Waals surface area contributed by atoms with Crippen LogP contribution in [0, 0.1) is 6.92 Å². The lowest BCUT2D eigenvalue weighted by atomic mass is 10.8. The Balaban J connectivity index is 0.000000132. The monoisotopic (exact) mass is 184 g/mol. The van der Waals surface area contributed by atoms with Gasteiger partial charge in [0.1, 0.15) is 0 Å². The third-order valence-corrected chi connectivity index (χ3v) is 1.02. The van der Waals surface area contributed by atoms with Crippen molar-refractivity contribution in [1.82, 2.24) is 40.6 Å². The van der Waals surface area contributed by atoms with Gasteiger partial charge in [-0.15, -0.1) is 19.8 Å². The fourth-order valence-corrected chi connectivity index (χ4v) is 0.407. The van der Waals surface area contributed by atoms with Crippen LogP contribution in [0.3, 0.4) is 0 Å². The molecule has 0 radical (unpaired) electrons. The average molecular weight is 184 g/mol. The minimum atomic E-state index is 0.611. The Labute approximate surface area is 72.4 Å². The van der Waals surface area contributed by atoms with Crippen LogP contribution in [0.4, 0.5) is 0 Å². The maximum atomic E-state index is 5.12. The van der Waals surface area contributed by atoms with Gasteiger partial charge in [-0.1, -0.05) is 0 Å². The second-order valence-electron chi connectivity index (χ2n) is 1.96. The number of rotatable bonds is 0. The van der Waals surface area contributed by atoms with E-state index in [1.165, 1.54) is 6.33 Å². The highest BCUT2D eigenvalue weighted by molar-refractivity contribution is 4.70. The predicted octanol–water partition coefficient (Wildman–Crippen LogP) is -2.92. The molecule has 2 aromatic rings. The minimum Gasteiger partial charge on any atom is -0.320 e. The molecule has 0 aliphatic rings. The summed E-state index contributed by atoms with van der Waals surface area (Å²) in [5.74, 6) is 10.7. The van der Waals surface area contributed by atoms with E-state index < -0.39 is 0 Å². The smallest absolute Gasteiger partial charge is 0.171 e. The molecular weight excluding hydrogens is 176 g/mol. The number of nitrogens with zero attached hydrogens (tertiary/aromatic N) is 8. The van der Waals surface area contributed by atoms with Gasteiger partial charge in [0, 0.05) is 0 Å². The largest absolute Gasteiger partial charge is 0.320 e. The summed E-state index contributed by atoms with van der Waals surface area (Å²) in [7, 11) is 0. The first-order valence-corrected chi connectivity index (χ1v) is 3.18. The topological polar surface area (TPSA) is 139 Å². The van der Waals surface area contributed by atoms with Crippen molar-refractivity contribution in [2.24, 2.45) is 0 Å². The standard InChI is InChI=1S/C2H5N5.CH3N5/c1-2-4-5-6-7(2)3;2-6-1-3-4-5-6/h3H2,1H3;1H,2H2. The Morgan fingerprint density at radius 3 is 2.15 bits per heavy atom. The molecule has 0 aliphatic heterocycles. The first-order chi connectivity index (χ1) is 6.20. The van der Waals surface area contributed by atoms with Gasteiger partial charge in [-0.05, 0) is 27.8 Å². The minimum absolute atomic E-state index is 0.611. The van der Waals surface area contributed by atoms with Crippen LogP contribution < -0.4 is 11.7 Å². The Kier molecular flexibility index (Phi) is 2.68. The van der Waals surface area contributed by atoms with Crippen molar-refractivity contribution in [3.63, 3.8) is 0 Å². The van der Waals surface area contributed by atoms with Gasteiger partial charge in [-0.25, -0.2) is 0 Å². The lowest BCUT2D eigenvalue weighted by Crippen LogP contribution is -2.11. The molecule has 2 rings (SSSR count). The highest BCUT2D eigenvalue weighted by atomic mass is 15.6. The molecular formula is C3H8N10. The van der Waals surface area contributed by atoms with E-state index >= 15 is 0 Å². The van der Waals surface area contributed by atoms with Crippen LogP contribution in [0.2, 0.25) is 0 Å². The highest BCUT2D eigenvalue weighted by Gasteiger charge is 1.88. The van der Waals surface area contributed by atoms with Gasteiger partial charge in [-0.3, -0.25) is 0 Å². The van der Waals surface area contributed by atoms with E-state index in [1.54, 1.807) is 6.92 Å². The number of aryl methyl sites for hydroxylation is 1. The number of hydrogen-bond donors (Lipinski definition) is 2. The number of nitrogen functional groups attached to an aromatic ring is 2. The van der Waals surface area contributed by atoms with E-state index in [0.29, 0.717) is 5.82 Å². The summed E-state index contributed by atoms with van der Waals surface area (Å²) in [5.41, 5.74) is 0. The summed E-state index contributed by atoms with van der Waals surface area (Å²) >= 11 is 0. The summed E-state index contributed by atoms with van der Waals surface area (Å²) in [5, 5.41) is 19.8. The summed E-state index contributed by atoms with van der Waals surface area (Å²) in [6.07, 6.45) is 1.31. The fourth-order valence-electron chi connectivity index (χ4n) is 0.407. The highest BCUT2D eigenvalue weighted by Crippen LogP contribution is 1.74. The summed E-state index contributed by atoms with van der Waals surface area (Å²) < 4.78 is 0. The summed E-state index contributed by atoms with van der Waals surface area (Å²) in [4.78, 5) is 2.14. The van der Waals surface area contributed by atoms with E-state index in [9.17, 15) is 0 Å². The van der Waals surface area contributed by atoms with Crippen LogP contribution in [-0.2, 0) is 0 Å². The molecule has 0 spiro atoms. The molecule has 0 atom stereocenters. The molecule has 0 aliphatic carbocycles. The zero-order valence-corrected chi connectivity index (χ0v) is 6.81. The Morgan fingerprint density at radius 2 is 2.00 bits per heavy atom. The molecule has 0 fully saturated rings. The second kappa shape index (κ2) is 3.94. The van der Waals surface area contributed by atoms with Crippen molar-refractivity contribution < 1.29 is 0 Å². The zero-order valence-electron chi connectivity index (χ0n) is 6.81. The third kappa shape index (κ3) is 2.69. The van der Waals surface area contributed by atoms with E-state index in [4.69, 9.17) is 11.7 Å². The van der Waals surface area contributed by atoms with Crippen molar-refractivity contribution in [3.05, 3.63) is 12.2 Å². The zero-order chi connectivity index (χ0) is 9.68. The Bertz CT molecular complexity index is 316. The van der Waals surface area contributed by atoms with E-state index in [2.05, 4.69) is 31.1 Å². The van der Waals surface area contributed by atoms with Crippen molar-refractivity contribution >= 4 is 0 Å². The van der Waals surface area contributed by atoms with Crippen LogP contribution in [0.5, 0.6) is 0 Å². The summed E-state index contributed by atoms with van der Waals surface area (Å²) in [6, 6.07) is 0. The molecule has 4 N–H and O–H groups in total. The molecule has 0 saturated heterocycles. The van der Waals surface area contributed by atoms with Gasteiger partial charge in [-0.2, -0.15) is 0 Å². The van der Waals surface area contributed by atoms with E-state index in [-0.39, 0.29) is 0 Å². The van der Waals surface area contributed by atoms with Gasteiger partial charge in [0.15, 0.2) is 12.2 Å². The van der Waals surface area contributed by atoms with E-state index in [1.807, 2.05) is 0 Å². The van der Waals surface area contributed by atoms with Crippen LogP contribution >= 0.6 is 0 Å². The molecule has 70 valence electrons. The van der Waals surface area contributed by atoms with Crippen molar-refractivity contribution in [2.45, 2.75) is 6.92 Å². The fraction of sp³-hybridized carbons (Fsp3) is 0.333. The lowest BCUT2D eigenvalue weighted by Gasteiger charge is -1.82. The molecule has 0 saturated carbocycles. The molecule has 10 heteroatoms. The first-order valence-electron chi connectivity index (χ1n) is 3.18. The van der Waals surface area contributed by atoms with Gasteiger partial charge in [0.25, 0.3) is 0 Å². The number of tetrazole rings is 2. The predicted molar refractivity (Wildman–Crippen MR) is 40.7 cm³/mol. The molecule has 0 aromatic carbocycles. The maximum absolute atomic E-state index is 5.12. The lowest BCUT2D eigenvalue weighted by molar-refractivity contribution is 0.744. The van der Waals surface area contributed by atoms with Gasteiger partial charge in [0.05, 0.1) is 0 Å². The number of hydrogen-bond acceptors (Lipinski definition) is 8. The number of aromatic nitrogens is 8. The van der Waals surface area contributed by atoms with Gasteiger partial charge in [0.2, 0.25) is 0 Å².